The lowest BCUT2D eigenvalue weighted by atomic mass is 9.80. The molecule has 26 heavy (non-hydrogen) atoms. The first-order valence-corrected chi connectivity index (χ1v) is 11.2. The van der Waals surface area contributed by atoms with Gasteiger partial charge in [0.2, 0.25) is 11.8 Å². The van der Waals surface area contributed by atoms with Crippen LogP contribution in [0, 0.1) is 17.8 Å². The Morgan fingerprint density at radius 1 is 1.04 bits per heavy atom. The number of hydrazine groups is 1. The van der Waals surface area contributed by atoms with Gasteiger partial charge in [-0.1, -0.05) is 26.7 Å². The predicted molar refractivity (Wildman–Crippen MR) is 105 cm³/mol. The van der Waals surface area contributed by atoms with Crippen molar-refractivity contribution in [3.05, 3.63) is 0 Å². The van der Waals surface area contributed by atoms with Gasteiger partial charge in [-0.2, -0.15) is 4.83 Å². The van der Waals surface area contributed by atoms with Crippen molar-refractivity contribution in [2.45, 2.75) is 81.6 Å². The van der Waals surface area contributed by atoms with E-state index in [2.05, 4.69) is 34.7 Å². The number of carbonyl (C=O) groups is 2. The monoisotopic (exact) mass is 402 g/mol. The molecule has 4 N–H and O–H groups in total. The number of alkyl halides is 1. The summed E-state index contributed by atoms with van der Waals surface area (Å²) in [6.45, 7) is 4.45. The Labute approximate surface area is 165 Å². The van der Waals surface area contributed by atoms with Crippen LogP contribution in [-0.4, -0.2) is 34.6 Å². The zero-order chi connectivity index (χ0) is 18.7. The lowest BCUT2D eigenvalue weighted by Crippen LogP contribution is -2.56. The summed E-state index contributed by atoms with van der Waals surface area (Å²) in [6.07, 6.45) is 6.98. The number of rotatable bonds is 4. The van der Waals surface area contributed by atoms with Gasteiger partial charge in [-0.15, -0.1) is 11.6 Å². The maximum absolute atomic E-state index is 12.8. The van der Waals surface area contributed by atoms with E-state index in [0.717, 1.165) is 38.5 Å². The predicted octanol–water partition coefficient (Wildman–Crippen LogP) is 2.29. The fraction of sp³-hybridized carbons (Fsp3) is 0.889. The highest BCUT2D eigenvalue weighted by Crippen LogP contribution is 2.30. The maximum atomic E-state index is 12.8. The van der Waals surface area contributed by atoms with Crippen LogP contribution in [0.25, 0.3) is 0 Å². The average Bonchev–Trinajstić information content (AvgIpc) is 3.06. The molecule has 3 aliphatic rings. The molecule has 1 heterocycles. The molecule has 0 radical (unpaired) electrons. The van der Waals surface area contributed by atoms with Crippen molar-refractivity contribution >= 4 is 35.4 Å². The van der Waals surface area contributed by atoms with Gasteiger partial charge < -0.3 is 10.6 Å². The average molecular weight is 403 g/mol. The fourth-order valence-corrected chi connectivity index (χ4v) is 5.45. The van der Waals surface area contributed by atoms with Crippen LogP contribution in [0.1, 0.15) is 58.8 Å². The molecule has 2 aliphatic carbocycles. The molecular weight excluding hydrogens is 372 g/mol. The second kappa shape index (κ2) is 9.13. The van der Waals surface area contributed by atoms with Gasteiger partial charge in [0.1, 0.15) is 11.4 Å². The normalized spacial score (nSPS) is 40.8. The van der Waals surface area contributed by atoms with Crippen LogP contribution >= 0.6 is 23.5 Å². The van der Waals surface area contributed by atoms with E-state index >= 15 is 0 Å². The summed E-state index contributed by atoms with van der Waals surface area (Å²) in [5.41, 5.74) is 3.00. The number of carbonyl (C=O) groups excluding carboxylic acids is 2. The highest BCUT2D eigenvalue weighted by molar-refractivity contribution is 7.98. The molecule has 1 saturated heterocycles. The third kappa shape index (κ3) is 5.06. The zero-order valence-corrected chi connectivity index (χ0v) is 17.2. The van der Waals surface area contributed by atoms with Crippen LogP contribution in [-0.2, 0) is 9.59 Å². The Morgan fingerprint density at radius 3 is 2.62 bits per heavy atom. The molecule has 3 fully saturated rings. The summed E-state index contributed by atoms with van der Waals surface area (Å²) < 4.78 is 0. The molecule has 7 atom stereocenters. The minimum Gasteiger partial charge on any atom is -0.352 e. The van der Waals surface area contributed by atoms with Gasteiger partial charge in [0.15, 0.2) is 0 Å². The summed E-state index contributed by atoms with van der Waals surface area (Å²) in [5, 5.41) is 6.01. The van der Waals surface area contributed by atoms with Gasteiger partial charge in [0.05, 0.1) is 0 Å². The first-order chi connectivity index (χ1) is 12.4. The molecule has 2 amide bonds. The molecular formula is C18H31ClN4O2S. The highest BCUT2D eigenvalue weighted by atomic mass is 35.5. The van der Waals surface area contributed by atoms with Crippen LogP contribution in [0.4, 0.5) is 0 Å². The van der Waals surface area contributed by atoms with Crippen LogP contribution < -0.4 is 20.9 Å². The Hall–Kier alpha value is -0.500. The van der Waals surface area contributed by atoms with Crippen molar-refractivity contribution in [3.63, 3.8) is 0 Å². The van der Waals surface area contributed by atoms with E-state index < -0.39 is 6.04 Å². The molecule has 6 nitrogen and oxygen atoms in total. The third-order valence-corrected chi connectivity index (χ3v) is 7.31. The largest absolute Gasteiger partial charge is 0.352 e. The van der Waals surface area contributed by atoms with E-state index in [4.69, 9.17) is 11.6 Å². The molecule has 1 aliphatic heterocycles. The Kier molecular flexibility index (Phi) is 7.11. The summed E-state index contributed by atoms with van der Waals surface area (Å²) >= 11 is 7.56. The molecule has 148 valence electrons. The van der Waals surface area contributed by atoms with Gasteiger partial charge in [-0.05, 0) is 55.9 Å². The number of nitrogens with one attached hydrogen (secondary N) is 4. The molecule has 0 aromatic rings. The summed E-state index contributed by atoms with van der Waals surface area (Å²) in [6, 6.07) is -0.255. The van der Waals surface area contributed by atoms with Crippen molar-refractivity contribution < 1.29 is 9.59 Å². The van der Waals surface area contributed by atoms with E-state index in [1.807, 2.05) is 0 Å². The number of halogens is 1. The van der Waals surface area contributed by atoms with Crippen molar-refractivity contribution in [2.75, 3.05) is 0 Å². The number of hydrogen-bond acceptors (Lipinski definition) is 5. The summed E-state index contributed by atoms with van der Waals surface area (Å²) in [4.78, 5) is 28.3. The van der Waals surface area contributed by atoms with E-state index in [1.54, 1.807) is 0 Å². The quantitative estimate of drug-likeness (QED) is 0.428. The lowest BCUT2D eigenvalue weighted by Gasteiger charge is -2.34. The minimum atomic E-state index is -0.469. The molecule has 0 spiro atoms. The fourth-order valence-electron chi connectivity index (χ4n) is 4.25. The van der Waals surface area contributed by atoms with E-state index in [1.165, 1.54) is 18.4 Å². The Bertz CT molecular complexity index is 523. The van der Waals surface area contributed by atoms with E-state index in [0.29, 0.717) is 11.8 Å². The maximum Gasteiger partial charge on any atom is 0.241 e. The van der Waals surface area contributed by atoms with Gasteiger partial charge in [-0.25, -0.2) is 5.43 Å². The second-order valence-corrected chi connectivity index (χ2v) is 9.81. The molecule has 8 heteroatoms. The lowest BCUT2D eigenvalue weighted by molar-refractivity contribution is -0.127. The van der Waals surface area contributed by atoms with Gasteiger partial charge >= 0.3 is 0 Å². The smallest absolute Gasteiger partial charge is 0.241 e. The molecule has 0 aromatic carbocycles. The Morgan fingerprint density at radius 2 is 1.85 bits per heavy atom. The number of amides is 2. The third-order valence-electron chi connectivity index (χ3n) is 6.04. The first-order valence-electron chi connectivity index (χ1n) is 9.85. The van der Waals surface area contributed by atoms with Crippen LogP contribution in [0.5, 0.6) is 0 Å². The van der Waals surface area contributed by atoms with Gasteiger partial charge in [0.25, 0.3) is 0 Å². The van der Waals surface area contributed by atoms with Crippen LogP contribution in [0.15, 0.2) is 0 Å². The molecule has 7 unspecified atom stereocenters. The molecule has 2 saturated carbocycles. The van der Waals surface area contributed by atoms with E-state index in [-0.39, 0.29) is 34.5 Å². The number of hydrogen-bond donors (Lipinski definition) is 4. The second-order valence-electron chi connectivity index (χ2n) is 8.24. The minimum absolute atomic E-state index is 0.0100. The summed E-state index contributed by atoms with van der Waals surface area (Å²) in [5.74, 6) is 1.06. The van der Waals surface area contributed by atoms with Crippen LogP contribution in [0.2, 0.25) is 0 Å². The molecule has 0 aromatic heterocycles. The Balaban J connectivity index is 1.53. The zero-order valence-electron chi connectivity index (χ0n) is 15.6. The van der Waals surface area contributed by atoms with Crippen molar-refractivity contribution in [3.8, 4) is 0 Å². The first kappa shape index (κ1) is 20.2. The topological polar surface area (TPSA) is 82.3 Å². The molecule has 0 bridgehead atoms. The van der Waals surface area contributed by atoms with Crippen molar-refractivity contribution in [2.24, 2.45) is 17.8 Å². The van der Waals surface area contributed by atoms with Gasteiger partial charge in [0, 0.05) is 17.3 Å². The van der Waals surface area contributed by atoms with Crippen molar-refractivity contribution in [1.29, 1.82) is 0 Å². The van der Waals surface area contributed by atoms with E-state index in [9.17, 15) is 9.59 Å². The molecule has 3 rings (SSSR count). The van der Waals surface area contributed by atoms with Crippen molar-refractivity contribution in [1.82, 2.24) is 20.9 Å². The van der Waals surface area contributed by atoms with Gasteiger partial charge in [-0.3, -0.25) is 9.59 Å². The highest BCUT2D eigenvalue weighted by Gasteiger charge is 2.38. The van der Waals surface area contributed by atoms with Crippen LogP contribution in [0.3, 0.4) is 0 Å². The SMILES string of the molecule is CC1CCC(C)C(NC(=O)C2NNSC2NC(=O)C2CCCC(Cl)C2)C1. The summed E-state index contributed by atoms with van der Waals surface area (Å²) in [7, 11) is 0. The standard InChI is InChI=1S/C18H31ClN4O2S/c1-10-6-7-11(2)14(8-10)20-17(25)15-18(26-23-22-15)21-16(24)12-4-3-5-13(19)9-12/h10-15,18,22-23H,3-9H2,1-2H3,(H,20,25)(H,21,24).